The fourth-order valence-corrected chi connectivity index (χ4v) is 3.05. The first kappa shape index (κ1) is 16.1. The Labute approximate surface area is 128 Å². The third-order valence-electron chi connectivity index (χ3n) is 4.20. The minimum atomic E-state index is -0.0652. The summed E-state index contributed by atoms with van der Waals surface area (Å²) >= 11 is 0. The number of hydrogen-bond donors (Lipinski definition) is 0. The van der Waals surface area contributed by atoms with E-state index >= 15 is 0 Å². The lowest BCUT2D eigenvalue weighted by atomic mass is 9.99. The maximum Gasteiger partial charge on any atom is 0.140 e. The highest BCUT2D eigenvalue weighted by Gasteiger charge is 2.39. The molecule has 1 fully saturated rings. The Morgan fingerprint density at radius 3 is 2.52 bits per heavy atom. The Balaban J connectivity index is 2.26. The molecule has 0 aromatic heterocycles. The van der Waals surface area contributed by atoms with Crippen LogP contribution in [0.3, 0.4) is 0 Å². The third-order valence-corrected chi connectivity index (χ3v) is 4.20. The molecule has 0 N–H and O–H groups in total. The van der Waals surface area contributed by atoms with Gasteiger partial charge in [0, 0.05) is 17.7 Å². The summed E-state index contributed by atoms with van der Waals surface area (Å²) < 4.78 is 17.0. The standard InChI is InChI=1S/C17H27NO3/c1-11(2)9-15-12(3)21-17(18(15)4)14-8-7-13(19-5)10-16(14)20-6/h7-8,10-12,15,17H,9H2,1-6H3/t12-,15?,17?/m0/s1. The van der Waals surface area contributed by atoms with Crippen LogP contribution in [-0.4, -0.2) is 38.3 Å². The molecule has 2 unspecified atom stereocenters. The number of benzene rings is 1. The smallest absolute Gasteiger partial charge is 0.140 e. The van der Waals surface area contributed by atoms with Gasteiger partial charge in [-0.2, -0.15) is 0 Å². The van der Waals surface area contributed by atoms with Crippen molar-refractivity contribution in [3.63, 3.8) is 0 Å². The van der Waals surface area contributed by atoms with Gasteiger partial charge in [-0.25, -0.2) is 0 Å². The summed E-state index contributed by atoms with van der Waals surface area (Å²) in [5.74, 6) is 2.26. The van der Waals surface area contributed by atoms with Crippen molar-refractivity contribution in [1.29, 1.82) is 0 Å². The molecule has 2 rings (SSSR count). The Bertz CT molecular complexity index is 475. The van der Waals surface area contributed by atoms with Crippen LogP contribution in [0.4, 0.5) is 0 Å². The summed E-state index contributed by atoms with van der Waals surface area (Å²) in [7, 11) is 5.47. The van der Waals surface area contributed by atoms with E-state index in [0.29, 0.717) is 12.0 Å². The molecule has 0 radical (unpaired) electrons. The van der Waals surface area contributed by atoms with Gasteiger partial charge < -0.3 is 14.2 Å². The zero-order chi connectivity index (χ0) is 15.6. The quantitative estimate of drug-likeness (QED) is 0.832. The Kier molecular flexibility index (Phi) is 5.12. The normalized spacial score (nSPS) is 26.3. The van der Waals surface area contributed by atoms with E-state index in [1.54, 1.807) is 14.2 Å². The first-order chi connectivity index (χ1) is 9.97. The molecule has 1 saturated heterocycles. The fraction of sp³-hybridized carbons (Fsp3) is 0.647. The molecule has 4 nitrogen and oxygen atoms in total. The first-order valence-electron chi connectivity index (χ1n) is 7.57. The van der Waals surface area contributed by atoms with Crippen LogP contribution in [0.2, 0.25) is 0 Å². The number of hydrogen-bond acceptors (Lipinski definition) is 4. The average molecular weight is 293 g/mol. The predicted molar refractivity (Wildman–Crippen MR) is 83.8 cm³/mol. The molecule has 3 atom stereocenters. The highest BCUT2D eigenvalue weighted by molar-refractivity contribution is 5.42. The van der Waals surface area contributed by atoms with Crippen molar-refractivity contribution in [1.82, 2.24) is 4.90 Å². The summed E-state index contributed by atoms with van der Waals surface area (Å²) in [6.45, 7) is 6.66. The SMILES string of the molecule is COc1ccc(C2O[C@@H](C)C(CC(C)C)N2C)c(OC)c1. The van der Waals surface area contributed by atoms with Crippen LogP contribution in [0.15, 0.2) is 18.2 Å². The first-order valence-corrected chi connectivity index (χ1v) is 7.57. The minimum absolute atomic E-state index is 0.0652. The largest absolute Gasteiger partial charge is 0.497 e. The van der Waals surface area contributed by atoms with Crippen molar-refractivity contribution >= 4 is 0 Å². The zero-order valence-electron chi connectivity index (χ0n) is 13.9. The average Bonchev–Trinajstić information content (AvgIpc) is 2.74. The van der Waals surface area contributed by atoms with Gasteiger partial charge in [0.15, 0.2) is 0 Å². The van der Waals surface area contributed by atoms with Gasteiger partial charge in [-0.15, -0.1) is 0 Å². The lowest BCUT2D eigenvalue weighted by Gasteiger charge is -2.26. The molecule has 4 heteroatoms. The molecule has 0 spiro atoms. The van der Waals surface area contributed by atoms with Crippen LogP contribution in [-0.2, 0) is 4.74 Å². The van der Waals surface area contributed by atoms with E-state index in [-0.39, 0.29) is 12.3 Å². The van der Waals surface area contributed by atoms with E-state index in [1.165, 1.54) is 0 Å². The lowest BCUT2D eigenvalue weighted by molar-refractivity contribution is 0.0116. The van der Waals surface area contributed by atoms with Crippen LogP contribution in [0, 0.1) is 5.92 Å². The summed E-state index contributed by atoms with van der Waals surface area (Å²) in [6, 6.07) is 6.33. The van der Waals surface area contributed by atoms with Gasteiger partial charge in [-0.3, -0.25) is 4.90 Å². The highest BCUT2D eigenvalue weighted by Crippen LogP contribution is 2.40. The van der Waals surface area contributed by atoms with Crippen LogP contribution in [0.5, 0.6) is 11.5 Å². The molecule has 21 heavy (non-hydrogen) atoms. The van der Waals surface area contributed by atoms with E-state index < -0.39 is 0 Å². The molecule has 0 amide bonds. The predicted octanol–water partition coefficient (Wildman–Crippen LogP) is 3.47. The zero-order valence-corrected chi connectivity index (χ0v) is 13.9. The number of likely N-dealkylation sites (N-methyl/N-ethyl adjacent to an activating group) is 1. The minimum Gasteiger partial charge on any atom is -0.497 e. The molecule has 0 bridgehead atoms. The summed E-state index contributed by atoms with van der Waals surface area (Å²) in [6.07, 6.45) is 1.28. The summed E-state index contributed by atoms with van der Waals surface area (Å²) in [5.41, 5.74) is 1.05. The van der Waals surface area contributed by atoms with Crippen LogP contribution in [0.25, 0.3) is 0 Å². The van der Waals surface area contributed by atoms with Crippen molar-refractivity contribution in [2.75, 3.05) is 21.3 Å². The molecular weight excluding hydrogens is 266 g/mol. The van der Waals surface area contributed by atoms with Crippen molar-refractivity contribution in [3.05, 3.63) is 23.8 Å². The third kappa shape index (κ3) is 3.33. The Morgan fingerprint density at radius 2 is 1.95 bits per heavy atom. The van der Waals surface area contributed by atoms with E-state index in [9.17, 15) is 0 Å². The van der Waals surface area contributed by atoms with E-state index in [2.05, 4.69) is 32.7 Å². The second-order valence-corrected chi connectivity index (χ2v) is 6.16. The van der Waals surface area contributed by atoms with Gasteiger partial charge in [-0.05, 0) is 38.4 Å². The topological polar surface area (TPSA) is 30.9 Å². The van der Waals surface area contributed by atoms with Gasteiger partial charge in [0.1, 0.15) is 17.7 Å². The van der Waals surface area contributed by atoms with Crippen LogP contribution >= 0.6 is 0 Å². The van der Waals surface area contributed by atoms with Crippen molar-refractivity contribution < 1.29 is 14.2 Å². The second kappa shape index (κ2) is 6.67. The summed E-state index contributed by atoms with van der Waals surface area (Å²) in [4.78, 5) is 2.31. The highest BCUT2D eigenvalue weighted by atomic mass is 16.5. The van der Waals surface area contributed by atoms with Crippen molar-refractivity contribution in [2.45, 2.75) is 45.6 Å². The van der Waals surface area contributed by atoms with E-state index in [4.69, 9.17) is 14.2 Å². The molecular formula is C17H27NO3. The van der Waals surface area contributed by atoms with Gasteiger partial charge >= 0.3 is 0 Å². The van der Waals surface area contributed by atoms with E-state index in [1.807, 2.05) is 18.2 Å². The van der Waals surface area contributed by atoms with Gasteiger partial charge in [-0.1, -0.05) is 13.8 Å². The van der Waals surface area contributed by atoms with Crippen molar-refractivity contribution in [2.24, 2.45) is 5.92 Å². The monoisotopic (exact) mass is 293 g/mol. The molecule has 118 valence electrons. The fourth-order valence-electron chi connectivity index (χ4n) is 3.05. The van der Waals surface area contributed by atoms with Crippen molar-refractivity contribution in [3.8, 4) is 11.5 Å². The van der Waals surface area contributed by atoms with Gasteiger partial charge in [0.2, 0.25) is 0 Å². The second-order valence-electron chi connectivity index (χ2n) is 6.16. The molecule has 1 aliphatic heterocycles. The number of rotatable bonds is 5. The van der Waals surface area contributed by atoms with E-state index in [0.717, 1.165) is 23.5 Å². The van der Waals surface area contributed by atoms with Gasteiger partial charge in [0.25, 0.3) is 0 Å². The van der Waals surface area contributed by atoms with Crippen LogP contribution in [0.1, 0.15) is 39.0 Å². The summed E-state index contributed by atoms with van der Waals surface area (Å²) in [5, 5.41) is 0. The molecule has 1 aromatic rings. The molecule has 0 aliphatic carbocycles. The number of nitrogens with zero attached hydrogens (tertiary/aromatic N) is 1. The number of methoxy groups -OCH3 is 2. The maximum absolute atomic E-state index is 6.19. The molecule has 1 heterocycles. The number of ether oxygens (including phenoxy) is 3. The molecule has 1 aliphatic rings. The molecule has 0 saturated carbocycles. The Hall–Kier alpha value is -1.26. The molecule has 1 aromatic carbocycles. The van der Waals surface area contributed by atoms with Gasteiger partial charge in [0.05, 0.1) is 20.3 Å². The van der Waals surface area contributed by atoms with Crippen LogP contribution < -0.4 is 9.47 Å². The maximum atomic E-state index is 6.19. The lowest BCUT2D eigenvalue weighted by Crippen LogP contribution is -2.33. The Morgan fingerprint density at radius 1 is 1.24 bits per heavy atom.